The number of nitrogens with one attached hydrogen (secondary N) is 1. The van der Waals surface area contributed by atoms with Crippen LogP contribution in [0.25, 0.3) is 0 Å². The molecule has 128 valence electrons. The third kappa shape index (κ3) is 5.65. The molecule has 0 spiro atoms. The van der Waals surface area contributed by atoms with Crippen molar-refractivity contribution in [1.82, 2.24) is 0 Å². The van der Waals surface area contributed by atoms with Crippen LogP contribution >= 0.6 is 0 Å². The van der Waals surface area contributed by atoms with E-state index in [9.17, 15) is 0 Å². The average Bonchev–Trinajstić information content (AvgIpc) is 2.63. The summed E-state index contributed by atoms with van der Waals surface area (Å²) in [4.78, 5) is 0. The zero-order valence-corrected chi connectivity index (χ0v) is 14.8. The van der Waals surface area contributed by atoms with Gasteiger partial charge in [-0.2, -0.15) is 0 Å². The zero-order chi connectivity index (χ0) is 17.2. The van der Waals surface area contributed by atoms with Crippen LogP contribution in [-0.4, -0.2) is 19.8 Å². The molecule has 0 aliphatic heterocycles. The molecule has 1 N–H and O–H groups in total. The van der Waals surface area contributed by atoms with E-state index in [4.69, 9.17) is 9.47 Å². The standard InChI is InChI=1S/C21H27NO2/c1-4-6-18(22-19-9-13-20(23-3)14-10-19)15-16-24-21-11-7-17(5-2)8-12-21/h4,6-14,18,22H,5,15-16H2,1-3H3/b6-4+. The highest BCUT2D eigenvalue weighted by Gasteiger charge is 2.05. The quantitative estimate of drug-likeness (QED) is 0.652. The van der Waals surface area contributed by atoms with Gasteiger partial charge in [0, 0.05) is 18.2 Å². The van der Waals surface area contributed by atoms with Gasteiger partial charge in [-0.15, -0.1) is 0 Å². The Balaban J connectivity index is 1.85. The third-order valence-corrected chi connectivity index (χ3v) is 3.90. The van der Waals surface area contributed by atoms with Crippen LogP contribution in [0.1, 0.15) is 25.8 Å². The first-order valence-corrected chi connectivity index (χ1v) is 8.50. The Kier molecular flexibility index (Phi) is 7.21. The van der Waals surface area contributed by atoms with E-state index < -0.39 is 0 Å². The molecule has 3 heteroatoms. The predicted octanol–water partition coefficient (Wildman–Crippen LogP) is 5.08. The van der Waals surface area contributed by atoms with Gasteiger partial charge in [0.1, 0.15) is 11.5 Å². The lowest BCUT2D eigenvalue weighted by Crippen LogP contribution is -2.19. The molecule has 1 unspecified atom stereocenters. The summed E-state index contributed by atoms with van der Waals surface area (Å²) < 4.78 is 11.1. The first kappa shape index (κ1) is 17.9. The van der Waals surface area contributed by atoms with E-state index in [2.05, 4.69) is 36.5 Å². The molecular formula is C21H27NO2. The molecule has 0 aliphatic rings. The van der Waals surface area contributed by atoms with Gasteiger partial charge in [-0.25, -0.2) is 0 Å². The molecular weight excluding hydrogens is 298 g/mol. The van der Waals surface area contributed by atoms with E-state index in [-0.39, 0.29) is 6.04 Å². The van der Waals surface area contributed by atoms with E-state index in [1.165, 1.54) is 5.56 Å². The first-order valence-electron chi connectivity index (χ1n) is 8.50. The number of ether oxygens (including phenoxy) is 2. The summed E-state index contributed by atoms with van der Waals surface area (Å²) in [5, 5.41) is 3.51. The van der Waals surface area contributed by atoms with Gasteiger partial charge in [0.05, 0.1) is 13.7 Å². The molecule has 2 aromatic carbocycles. The molecule has 0 saturated heterocycles. The van der Waals surface area contributed by atoms with Crippen molar-refractivity contribution in [3.05, 3.63) is 66.2 Å². The van der Waals surface area contributed by atoms with Gasteiger partial charge in [0.25, 0.3) is 0 Å². The maximum Gasteiger partial charge on any atom is 0.119 e. The fraction of sp³-hybridized carbons (Fsp3) is 0.333. The second-order valence-electron chi connectivity index (χ2n) is 5.64. The van der Waals surface area contributed by atoms with Gasteiger partial charge < -0.3 is 14.8 Å². The lowest BCUT2D eigenvalue weighted by Gasteiger charge is -2.17. The molecule has 2 rings (SSSR count). The maximum absolute atomic E-state index is 5.86. The zero-order valence-electron chi connectivity index (χ0n) is 14.8. The largest absolute Gasteiger partial charge is 0.497 e. The second kappa shape index (κ2) is 9.66. The van der Waals surface area contributed by atoms with Crippen molar-refractivity contribution in [2.24, 2.45) is 0 Å². The number of aryl methyl sites for hydroxylation is 1. The predicted molar refractivity (Wildman–Crippen MR) is 101 cm³/mol. The Bertz CT molecular complexity index is 617. The lowest BCUT2D eigenvalue weighted by atomic mass is 10.1. The number of allylic oxidation sites excluding steroid dienone is 1. The van der Waals surface area contributed by atoms with Crippen molar-refractivity contribution < 1.29 is 9.47 Å². The van der Waals surface area contributed by atoms with Crippen LogP contribution in [0.3, 0.4) is 0 Å². The minimum Gasteiger partial charge on any atom is -0.497 e. The van der Waals surface area contributed by atoms with Gasteiger partial charge in [0.2, 0.25) is 0 Å². The van der Waals surface area contributed by atoms with Crippen molar-refractivity contribution >= 4 is 5.69 Å². The van der Waals surface area contributed by atoms with Gasteiger partial charge in [0.15, 0.2) is 0 Å². The fourth-order valence-electron chi connectivity index (χ4n) is 2.48. The van der Waals surface area contributed by atoms with Crippen LogP contribution in [0, 0.1) is 0 Å². The Morgan fingerprint density at radius 2 is 1.67 bits per heavy atom. The molecule has 24 heavy (non-hydrogen) atoms. The Hall–Kier alpha value is -2.42. The monoisotopic (exact) mass is 325 g/mol. The summed E-state index contributed by atoms with van der Waals surface area (Å²) >= 11 is 0. The highest BCUT2D eigenvalue weighted by Crippen LogP contribution is 2.17. The summed E-state index contributed by atoms with van der Waals surface area (Å²) in [6.45, 7) is 4.86. The first-order chi connectivity index (χ1) is 11.7. The van der Waals surface area contributed by atoms with Gasteiger partial charge in [-0.05, 0) is 55.3 Å². The van der Waals surface area contributed by atoms with Crippen molar-refractivity contribution in [3.63, 3.8) is 0 Å². The van der Waals surface area contributed by atoms with Crippen LogP contribution in [0.4, 0.5) is 5.69 Å². The molecule has 0 fully saturated rings. The average molecular weight is 325 g/mol. The normalized spacial score (nSPS) is 12.1. The number of hydrogen-bond acceptors (Lipinski definition) is 3. The molecule has 0 aliphatic carbocycles. The Labute approximate surface area is 145 Å². The summed E-state index contributed by atoms with van der Waals surface area (Å²) in [7, 11) is 1.68. The van der Waals surface area contributed by atoms with Crippen LogP contribution in [0.15, 0.2) is 60.7 Å². The topological polar surface area (TPSA) is 30.5 Å². The van der Waals surface area contributed by atoms with E-state index in [0.29, 0.717) is 6.61 Å². The van der Waals surface area contributed by atoms with Gasteiger partial charge in [-0.1, -0.05) is 31.2 Å². The molecule has 1 atom stereocenters. The minimum atomic E-state index is 0.235. The SMILES string of the molecule is C/C=C/C(CCOc1ccc(CC)cc1)Nc1ccc(OC)cc1. The lowest BCUT2D eigenvalue weighted by molar-refractivity contribution is 0.307. The summed E-state index contributed by atoms with van der Waals surface area (Å²) in [6.07, 6.45) is 6.17. The maximum atomic E-state index is 5.86. The van der Waals surface area contributed by atoms with Crippen LogP contribution < -0.4 is 14.8 Å². The fourth-order valence-corrected chi connectivity index (χ4v) is 2.48. The number of methoxy groups -OCH3 is 1. The summed E-state index contributed by atoms with van der Waals surface area (Å²) in [5.41, 5.74) is 2.40. The molecule has 3 nitrogen and oxygen atoms in total. The third-order valence-electron chi connectivity index (χ3n) is 3.90. The van der Waals surface area contributed by atoms with Gasteiger partial charge >= 0.3 is 0 Å². The van der Waals surface area contributed by atoms with Crippen molar-refractivity contribution in [2.45, 2.75) is 32.7 Å². The van der Waals surface area contributed by atoms with E-state index in [0.717, 1.165) is 30.0 Å². The van der Waals surface area contributed by atoms with E-state index in [1.54, 1.807) is 7.11 Å². The number of benzene rings is 2. The van der Waals surface area contributed by atoms with Crippen molar-refractivity contribution in [3.8, 4) is 11.5 Å². The van der Waals surface area contributed by atoms with E-state index >= 15 is 0 Å². The van der Waals surface area contributed by atoms with Crippen LogP contribution in [-0.2, 0) is 6.42 Å². The van der Waals surface area contributed by atoms with Crippen LogP contribution in [0.5, 0.6) is 11.5 Å². The van der Waals surface area contributed by atoms with Crippen molar-refractivity contribution in [1.29, 1.82) is 0 Å². The molecule has 0 aromatic heterocycles. The summed E-state index contributed by atoms with van der Waals surface area (Å²) in [5.74, 6) is 1.79. The highest BCUT2D eigenvalue weighted by molar-refractivity contribution is 5.47. The molecule has 0 saturated carbocycles. The summed E-state index contributed by atoms with van der Waals surface area (Å²) in [6, 6.07) is 16.5. The molecule has 0 heterocycles. The van der Waals surface area contributed by atoms with Crippen molar-refractivity contribution in [2.75, 3.05) is 19.0 Å². The Morgan fingerprint density at radius 1 is 1.00 bits per heavy atom. The molecule has 2 aromatic rings. The molecule has 0 amide bonds. The van der Waals surface area contributed by atoms with Gasteiger partial charge in [-0.3, -0.25) is 0 Å². The smallest absolute Gasteiger partial charge is 0.119 e. The number of hydrogen-bond donors (Lipinski definition) is 1. The van der Waals surface area contributed by atoms with E-state index in [1.807, 2.05) is 43.3 Å². The minimum absolute atomic E-state index is 0.235. The highest BCUT2D eigenvalue weighted by atomic mass is 16.5. The number of rotatable bonds is 9. The number of anilines is 1. The second-order valence-corrected chi connectivity index (χ2v) is 5.64. The molecule has 0 bridgehead atoms. The van der Waals surface area contributed by atoms with Crippen LogP contribution in [0.2, 0.25) is 0 Å². The Morgan fingerprint density at radius 3 is 2.25 bits per heavy atom. The molecule has 0 radical (unpaired) electrons.